The molecular weight excluding hydrogens is 250 g/mol. The third-order valence-electron chi connectivity index (χ3n) is 2.22. The lowest BCUT2D eigenvalue weighted by Gasteiger charge is -2.08. The second-order valence-electron chi connectivity index (χ2n) is 3.51. The SMILES string of the molecule is CCOC(=O)c1cc(Nc2ccsc2)ncc1N. The van der Waals surface area contributed by atoms with E-state index in [-0.39, 0.29) is 0 Å². The van der Waals surface area contributed by atoms with Crippen LogP contribution >= 0.6 is 11.3 Å². The standard InChI is InChI=1S/C12H13N3O2S/c1-2-17-12(16)9-5-11(14-6-10(9)13)15-8-3-4-18-7-8/h3-7H,2,13H2,1H3,(H,14,15). The molecule has 0 atom stereocenters. The highest BCUT2D eigenvalue weighted by molar-refractivity contribution is 7.08. The summed E-state index contributed by atoms with van der Waals surface area (Å²) in [6.45, 7) is 2.06. The number of ether oxygens (including phenoxy) is 1. The second-order valence-corrected chi connectivity index (χ2v) is 4.29. The van der Waals surface area contributed by atoms with Gasteiger partial charge in [-0.05, 0) is 24.4 Å². The number of rotatable bonds is 4. The molecule has 2 aromatic heterocycles. The summed E-state index contributed by atoms with van der Waals surface area (Å²) in [7, 11) is 0. The van der Waals surface area contributed by atoms with Crippen molar-refractivity contribution in [3.8, 4) is 0 Å². The van der Waals surface area contributed by atoms with Gasteiger partial charge in [0.2, 0.25) is 0 Å². The van der Waals surface area contributed by atoms with Crippen molar-refractivity contribution in [2.45, 2.75) is 6.92 Å². The smallest absolute Gasteiger partial charge is 0.340 e. The Kier molecular flexibility index (Phi) is 3.78. The molecule has 6 heteroatoms. The van der Waals surface area contributed by atoms with Crippen LogP contribution in [0.15, 0.2) is 29.1 Å². The monoisotopic (exact) mass is 263 g/mol. The van der Waals surface area contributed by atoms with E-state index < -0.39 is 5.97 Å². The molecule has 0 saturated carbocycles. The molecule has 0 saturated heterocycles. The molecule has 0 unspecified atom stereocenters. The summed E-state index contributed by atoms with van der Waals surface area (Å²) in [4.78, 5) is 15.8. The van der Waals surface area contributed by atoms with Crippen molar-refractivity contribution in [3.05, 3.63) is 34.7 Å². The number of nitrogens with one attached hydrogen (secondary N) is 1. The number of carbonyl (C=O) groups excluding carboxylic acids is 1. The molecule has 2 aromatic rings. The van der Waals surface area contributed by atoms with E-state index in [2.05, 4.69) is 10.3 Å². The molecule has 0 bridgehead atoms. The summed E-state index contributed by atoms with van der Waals surface area (Å²) in [6.07, 6.45) is 1.45. The van der Waals surface area contributed by atoms with Crippen LogP contribution in [0.1, 0.15) is 17.3 Å². The van der Waals surface area contributed by atoms with Crippen molar-refractivity contribution in [1.82, 2.24) is 4.98 Å². The summed E-state index contributed by atoms with van der Waals surface area (Å²) in [5, 5.41) is 6.98. The van der Waals surface area contributed by atoms with E-state index in [0.717, 1.165) is 5.69 Å². The Bertz CT molecular complexity index is 540. The summed E-state index contributed by atoms with van der Waals surface area (Å²) in [5.41, 5.74) is 7.26. The van der Waals surface area contributed by atoms with Gasteiger partial charge >= 0.3 is 5.97 Å². The first-order valence-electron chi connectivity index (χ1n) is 5.42. The Morgan fingerprint density at radius 3 is 3.11 bits per heavy atom. The van der Waals surface area contributed by atoms with E-state index in [1.165, 1.54) is 6.20 Å². The minimum absolute atomic E-state index is 0.310. The fourth-order valence-electron chi connectivity index (χ4n) is 1.40. The van der Waals surface area contributed by atoms with Crippen LogP contribution in [0.4, 0.5) is 17.2 Å². The highest BCUT2D eigenvalue weighted by atomic mass is 32.1. The van der Waals surface area contributed by atoms with Gasteiger partial charge in [-0.3, -0.25) is 0 Å². The number of hydrogen-bond acceptors (Lipinski definition) is 6. The molecule has 2 rings (SSSR count). The first-order chi connectivity index (χ1) is 8.70. The van der Waals surface area contributed by atoms with Crippen LogP contribution in [0.25, 0.3) is 0 Å². The average Bonchev–Trinajstić information content (AvgIpc) is 2.84. The highest BCUT2D eigenvalue weighted by Crippen LogP contribution is 2.21. The largest absolute Gasteiger partial charge is 0.462 e. The van der Waals surface area contributed by atoms with Gasteiger partial charge in [-0.1, -0.05) is 0 Å². The second kappa shape index (κ2) is 5.50. The minimum Gasteiger partial charge on any atom is -0.462 e. The van der Waals surface area contributed by atoms with Crippen molar-refractivity contribution >= 4 is 34.5 Å². The van der Waals surface area contributed by atoms with Gasteiger partial charge in [-0.2, -0.15) is 11.3 Å². The van der Waals surface area contributed by atoms with Crippen LogP contribution < -0.4 is 11.1 Å². The van der Waals surface area contributed by atoms with Crippen molar-refractivity contribution in [2.75, 3.05) is 17.7 Å². The average molecular weight is 263 g/mol. The molecule has 0 aliphatic rings. The van der Waals surface area contributed by atoms with Gasteiger partial charge in [0, 0.05) is 5.38 Å². The van der Waals surface area contributed by atoms with E-state index in [1.807, 2.05) is 16.8 Å². The molecule has 3 N–H and O–H groups in total. The van der Waals surface area contributed by atoms with Crippen LogP contribution in [-0.4, -0.2) is 17.6 Å². The highest BCUT2D eigenvalue weighted by Gasteiger charge is 2.12. The Morgan fingerprint density at radius 2 is 2.44 bits per heavy atom. The predicted octanol–water partition coefficient (Wildman–Crippen LogP) is 2.65. The summed E-state index contributed by atoms with van der Waals surface area (Å²) in [5.74, 6) is 0.122. The molecule has 0 spiro atoms. The van der Waals surface area contributed by atoms with Gasteiger partial charge in [-0.15, -0.1) is 0 Å². The van der Waals surface area contributed by atoms with E-state index >= 15 is 0 Å². The Labute approximate surface area is 109 Å². The molecule has 0 aromatic carbocycles. The van der Waals surface area contributed by atoms with E-state index in [0.29, 0.717) is 23.7 Å². The Balaban J connectivity index is 2.23. The van der Waals surface area contributed by atoms with Crippen LogP contribution in [0, 0.1) is 0 Å². The van der Waals surface area contributed by atoms with Gasteiger partial charge in [-0.25, -0.2) is 9.78 Å². The zero-order valence-corrected chi connectivity index (χ0v) is 10.7. The zero-order chi connectivity index (χ0) is 13.0. The van der Waals surface area contributed by atoms with Crippen LogP contribution in [0.3, 0.4) is 0 Å². The molecule has 5 nitrogen and oxygen atoms in total. The maximum absolute atomic E-state index is 11.7. The number of nitrogens with zero attached hydrogens (tertiary/aromatic N) is 1. The maximum atomic E-state index is 11.7. The summed E-state index contributed by atoms with van der Waals surface area (Å²) in [6, 6.07) is 3.51. The predicted molar refractivity (Wildman–Crippen MR) is 72.2 cm³/mol. The summed E-state index contributed by atoms with van der Waals surface area (Å²) < 4.78 is 4.93. The quantitative estimate of drug-likeness (QED) is 0.829. The lowest BCUT2D eigenvalue weighted by molar-refractivity contribution is 0.0527. The lowest BCUT2D eigenvalue weighted by Crippen LogP contribution is -2.09. The molecule has 0 radical (unpaired) electrons. The normalized spacial score (nSPS) is 10.1. The van der Waals surface area contributed by atoms with Gasteiger partial charge < -0.3 is 15.8 Å². The number of esters is 1. The molecule has 0 fully saturated rings. The fourth-order valence-corrected chi connectivity index (χ4v) is 1.99. The topological polar surface area (TPSA) is 77.2 Å². The van der Waals surface area contributed by atoms with Crippen molar-refractivity contribution in [3.63, 3.8) is 0 Å². The van der Waals surface area contributed by atoms with Gasteiger partial charge in [0.15, 0.2) is 0 Å². The number of anilines is 3. The van der Waals surface area contributed by atoms with Crippen LogP contribution in [0.2, 0.25) is 0 Å². The third kappa shape index (κ3) is 2.78. The molecule has 2 heterocycles. The molecule has 0 amide bonds. The Morgan fingerprint density at radius 1 is 1.61 bits per heavy atom. The van der Waals surface area contributed by atoms with E-state index in [1.54, 1.807) is 24.3 Å². The van der Waals surface area contributed by atoms with Crippen LogP contribution in [0.5, 0.6) is 0 Å². The van der Waals surface area contributed by atoms with Gasteiger partial charge in [0.05, 0.1) is 29.7 Å². The van der Waals surface area contributed by atoms with Gasteiger partial charge in [0.25, 0.3) is 0 Å². The first-order valence-corrected chi connectivity index (χ1v) is 6.37. The van der Waals surface area contributed by atoms with Gasteiger partial charge in [0.1, 0.15) is 5.82 Å². The number of carbonyl (C=O) groups is 1. The number of thiophene rings is 1. The van der Waals surface area contributed by atoms with Crippen LogP contribution in [-0.2, 0) is 4.74 Å². The number of hydrogen-bond donors (Lipinski definition) is 2. The molecule has 94 valence electrons. The molecule has 0 aliphatic heterocycles. The van der Waals surface area contributed by atoms with Crippen molar-refractivity contribution in [2.24, 2.45) is 0 Å². The lowest BCUT2D eigenvalue weighted by atomic mass is 10.2. The maximum Gasteiger partial charge on any atom is 0.340 e. The fraction of sp³-hybridized carbons (Fsp3) is 0.167. The van der Waals surface area contributed by atoms with E-state index in [4.69, 9.17) is 10.5 Å². The zero-order valence-electron chi connectivity index (χ0n) is 9.84. The Hall–Kier alpha value is -2.08. The number of aromatic nitrogens is 1. The van der Waals surface area contributed by atoms with E-state index in [9.17, 15) is 4.79 Å². The first kappa shape index (κ1) is 12.4. The number of nitrogen functional groups attached to an aromatic ring is 1. The molecule has 0 aliphatic carbocycles. The number of pyridine rings is 1. The number of nitrogens with two attached hydrogens (primary N) is 1. The van der Waals surface area contributed by atoms with Crippen molar-refractivity contribution < 1.29 is 9.53 Å². The minimum atomic E-state index is -0.439. The molecule has 18 heavy (non-hydrogen) atoms. The summed E-state index contributed by atoms with van der Waals surface area (Å²) >= 11 is 1.57. The molecular formula is C12H13N3O2S. The third-order valence-corrected chi connectivity index (χ3v) is 2.91. The van der Waals surface area contributed by atoms with Crippen molar-refractivity contribution in [1.29, 1.82) is 0 Å².